The summed E-state index contributed by atoms with van der Waals surface area (Å²) in [4.78, 5) is 14.2. The van der Waals surface area contributed by atoms with E-state index in [4.69, 9.17) is 10.2 Å². The van der Waals surface area contributed by atoms with Crippen LogP contribution in [0.25, 0.3) is 0 Å². The summed E-state index contributed by atoms with van der Waals surface area (Å²) in [7, 11) is 0. The summed E-state index contributed by atoms with van der Waals surface area (Å²) in [5.41, 5.74) is 7.67. The van der Waals surface area contributed by atoms with Gasteiger partial charge in [0, 0.05) is 25.2 Å². The molecule has 0 aliphatic carbocycles. The maximum absolute atomic E-state index is 12.4. The van der Waals surface area contributed by atoms with Crippen molar-refractivity contribution in [3.05, 3.63) is 59.5 Å². The molecule has 1 heterocycles. The maximum atomic E-state index is 12.4. The van der Waals surface area contributed by atoms with E-state index in [-0.39, 0.29) is 18.3 Å². The Bertz CT molecular complexity index is 554. The predicted molar refractivity (Wildman–Crippen MR) is 85.8 cm³/mol. The fourth-order valence-corrected chi connectivity index (χ4v) is 2.11. The molecule has 114 valence electrons. The summed E-state index contributed by atoms with van der Waals surface area (Å²) in [5.74, 6) is 0.320. The molecule has 0 aliphatic rings. The topological polar surface area (TPSA) is 59.5 Å². The lowest BCUT2D eigenvalue weighted by Crippen LogP contribution is -2.37. The second kappa shape index (κ2) is 8.49. The van der Waals surface area contributed by atoms with Crippen molar-refractivity contribution < 1.29 is 9.21 Å². The van der Waals surface area contributed by atoms with Gasteiger partial charge in [0.25, 0.3) is 5.91 Å². The van der Waals surface area contributed by atoms with Gasteiger partial charge in [-0.15, -0.1) is 12.4 Å². The predicted octanol–water partition coefficient (Wildman–Crippen LogP) is 2.65. The normalized spacial score (nSPS) is 10.0. The van der Waals surface area contributed by atoms with Gasteiger partial charge < -0.3 is 15.1 Å². The van der Waals surface area contributed by atoms with Crippen LogP contribution in [-0.2, 0) is 6.42 Å². The first-order valence-corrected chi connectivity index (χ1v) is 6.79. The molecule has 0 bridgehead atoms. The van der Waals surface area contributed by atoms with Gasteiger partial charge >= 0.3 is 0 Å². The zero-order valence-corrected chi connectivity index (χ0v) is 12.9. The van der Waals surface area contributed by atoms with Crippen LogP contribution in [0, 0.1) is 6.92 Å². The van der Waals surface area contributed by atoms with Crippen LogP contribution in [-0.4, -0.2) is 30.4 Å². The average Bonchev–Trinajstić information content (AvgIpc) is 2.90. The van der Waals surface area contributed by atoms with Crippen LogP contribution in [0.15, 0.2) is 47.1 Å². The van der Waals surface area contributed by atoms with E-state index in [9.17, 15) is 4.79 Å². The molecule has 2 N–H and O–H groups in total. The molecule has 0 radical (unpaired) electrons. The van der Waals surface area contributed by atoms with Gasteiger partial charge in [0.1, 0.15) is 0 Å². The number of amides is 1. The summed E-state index contributed by atoms with van der Waals surface area (Å²) < 4.78 is 5.27. The van der Waals surface area contributed by atoms with Gasteiger partial charge in [-0.05, 0) is 25.0 Å². The Morgan fingerprint density at radius 1 is 1.19 bits per heavy atom. The standard InChI is InChI=1S/C16H20N2O2.ClH/c1-13-8-12-20-15(13)16(19)18(11-9-17)10-7-14-5-3-2-4-6-14;/h2-6,8,12H,7,9-11,17H2,1H3;1H. The minimum atomic E-state index is -0.0890. The van der Waals surface area contributed by atoms with Crippen molar-refractivity contribution in [2.45, 2.75) is 13.3 Å². The largest absolute Gasteiger partial charge is 0.459 e. The van der Waals surface area contributed by atoms with Gasteiger partial charge in [-0.25, -0.2) is 0 Å². The van der Waals surface area contributed by atoms with Crippen molar-refractivity contribution in [1.82, 2.24) is 4.90 Å². The molecule has 0 saturated carbocycles. The fourth-order valence-electron chi connectivity index (χ4n) is 2.11. The lowest BCUT2D eigenvalue weighted by atomic mass is 10.1. The molecule has 1 aromatic heterocycles. The molecule has 21 heavy (non-hydrogen) atoms. The SMILES string of the molecule is Cc1ccoc1C(=O)N(CCN)CCc1ccccc1.Cl. The molecule has 2 rings (SSSR count). The number of nitrogens with two attached hydrogens (primary N) is 1. The monoisotopic (exact) mass is 308 g/mol. The molecule has 4 nitrogen and oxygen atoms in total. The van der Waals surface area contributed by atoms with Crippen molar-refractivity contribution in [3.8, 4) is 0 Å². The molecule has 2 aromatic rings. The Labute approximate surface area is 131 Å². The highest BCUT2D eigenvalue weighted by Crippen LogP contribution is 2.12. The van der Waals surface area contributed by atoms with Crippen LogP contribution in [0.3, 0.4) is 0 Å². The van der Waals surface area contributed by atoms with Gasteiger partial charge in [0.15, 0.2) is 5.76 Å². The van der Waals surface area contributed by atoms with Crippen molar-refractivity contribution in [1.29, 1.82) is 0 Å². The number of hydrogen-bond acceptors (Lipinski definition) is 3. The zero-order valence-electron chi connectivity index (χ0n) is 12.1. The smallest absolute Gasteiger partial charge is 0.289 e. The summed E-state index contributed by atoms with van der Waals surface area (Å²) in [6, 6.07) is 11.9. The molecular weight excluding hydrogens is 288 g/mol. The second-order valence-electron chi connectivity index (χ2n) is 4.75. The average molecular weight is 309 g/mol. The Morgan fingerprint density at radius 3 is 2.48 bits per heavy atom. The first-order valence-electron chi connectivity index (χ1n) is 6.79. The van der Waals surface area contributed by atoms with E-state index in [0.29, 0.717) is 25.4 Å². The number of hydrogen-bond donors (Lipinski definition) is 1. The van der Waals surface area contributed by atoms with Gasteiger partial charge in [-0.2, -0.15) is 0 Å². The first kappa shape index (κ1) is 17.3. The second-order valence-corrected chi connectivity index (χ2v) is 4.75. The minimum absolute atomic E-state index is 0. The number of nitrogens with zero attached hydrogens (tertiary/aromatic N) is 1. The molecular formula is C16H21ClN2O2. The van der Waals surface area contributed by atoms with Crippen LogP contribution in [0.5, 0.6) is 0 Å². The fraction of sp³-hybridized carbons (Fsp3) is 0.312. The van der Waals surface area contributed by atoms with Crippen molar-refractivity contribution in [3.63, 3.8) is 0 Å². The lowest BCUT2D eigenvalue weighted by molar-refractivity contribution is 0.0729. The number of furan rings is 1. The molecule has 1 amide bonds. The van der Waals surface area contributed by atoms with Crippen molar-refractivity contribution >= 4 is 18.3 Å². The van der Waals surface area contributed by atoms with Crippen molar-refractivity contribution in [2.24, 2.45) is 5.73 Å². The Balaban J connectivity index is 0.00000220. The van der Waals surface area contributed by atoms with Crippen molar-refractivity contribution in [2.75, 3.05) is 19.6 Å². The van der Waals surface area contributed by atoms with Gasteiger partial charge in [-0.1, -0.05) is 30.3 Å². The van der Waals surface area contributed by atoms with E-state index < -0.39 is 0 Å². The Morgan fingerprint density at radius 2 is 1.90 bits per heavy atom. The highest BCUT2D eigenvalue weighted by Gasteiger charge is 2.19. The van der Waals surface area contributed by atoms with E-state index in [1.807, 2.05) is 25.1 Å². The number of carbonyl (C=O) groups excluding carboxylic acids is 1. The number of aryl methyl sites for hydroxylation is 1. The summed E-state index contributed by atoms with van der Waals surface area (Å²) >= 11 is 0. The minimum Gasteiger partial charge on any atom is -0.459 e. The summed E-state index contributed by atoms with van der Waals surface area (Å²) in [6.45, 7) is 3.49. The number of rotatable bonds is 6. The van der Waals surface area contributed by atoms with E-state index >= 15 is 0 Å². The van der Waals surface area contributed by atoms with Crippen LogP contribution in [0.4, 0.5) is 0 Å². The molecule has 0 unspecified atom stereocenters. The molecule has 0 fully saturated rings. The van der Waals surface area contributed by atoms with E-state index in [1.165, 1.54) is 5.56 Å². The zero-order chi connectivity index (χ0) is 14.4. The highest BCUT2D eigenvalue weighted by molar-refractivity contribution is 5.92. The maximum Gasteiger partial charge on any atom is 0.289 e. The van der Waals surface area contributed by atoms with E-state index in [2.05, 4.69) is 12.1 Å². The quantitative estimate of drug-likeness (QED) is 0.892. The van der Waals surface area contributed by atoms with Gasteiger partial charge in [-0.3, -0.25) is 4.79 Å². The molecule has 0 aliphatic heterocycles. The Kier molecular flexibility index (Phi) is 6.99. The first-order chi connectivity index (χ1) is 9.72. The third kappa shape index (κ3) is 4.62. The third-order valence-electron chi connectivity index (χ3n) is 3.26. The lowest BCUT2D eigenvalue weighted by Gasteiger charge is -2.21. The number of carbonyl (C=O) groups is 1. The third-order valence-corrected chi connectivity index (χ3v) is 3.26. The van der Waals surface area contributed by atoms with Gasteiger partial charge in [0.05, 0.1) is 6.26 Å². The number of benzene rings is 1. The van der Waals surface area contributed by atoms with Crippen LogP contribution < -0.4 is 5.73 Å². The summed E-state index contributed by atoms with van der Waals surface area (Å²) in [6.07, 6.45) is 2.35. The highest BCUT2D eigenvalue weighted by atomic mass is 35.5. The molecule has 0 saturated heterocycles. The van der Waals surface area contributed by atoms with E-state index in [0.717, 1.165) is 12.0 Å². The molecule has 1 aromatic carbocycles. The van der Waals surface area contributed by atoms with Crippen LogP contribution >= 0.6 is 12.4 Å². The molecule has 0 atom stereocenters. The van der Waals surface area contributed by atoms with Crippen LogP contribution in [0.1, 0.15) is 21.7 Å². The Hall–Kier alpha value is -1.78. The van der Waals surface area contributed by atoms with Gasteiger partial charge in [0.2, 0.25) is 0 Å². The molecule has 5 heteroatoms. The summed E-state index contributed by atoms with van der Waals surface area (Å²) in [5, 5.41) is 0. The van der Waals surface area contributed by atoms with Crippen LogP contribution in [0.2, 0.25) is 0 Å². The molecule has 0 spiro atoms. The van der Waals surface area contributed by atoms with E-state index in [1.54, 1.807) is 17.2 Å². The number of halogens is 1.